The van der Waals surface area contributed by atoms with Gasteiger partial charge < -0.3 is 14.2 Å². The zero-order chi connectivity index (χ0) is 25.7. The maximum absolute atomic E-state index is 12.7. The molecule has 1 heterocycles. The van der Waals surface area contributed by atoms with E-state index in [0.29, 0.717) is 22.9 Å². The number of esters is 1. The average molecular weight is 521 g/mol. The number of halogens is 1. The van der Waals surface area contributed by atoms with Crippen molar-refractivity contribution in [2.45, 2.75) is 26.6 Å². The number of carbonyl (C=O) groups is 3. The first kappa shape index (κ1) is 26.0. The minimum Gasteiger partial charge on any atom is -0.493 e. The molecular weight excluding hydrogens is 500 g/mol. The Morgan fingerprint density at radius 1 is 1.26 bits per heavy atom. The smallest absolute Gasteiger partial charge is 0.326 e. The van der Waals surface area contributed by atoms with E-state index in [1.165, 1.54) is 31.4 Å². The number of ether oxygens (including phenoxy) is 3. The summed E-state index contributed by atoms with van der Waals surface area (Å²) < 4.78 is 16.1. The molecule has 2 aromatic carbocycles. The van der Waals surface area contributed by atoms with Crippen molar-refractivity contribution in [2.24, 2.45) is 0 Å². The van der Waals surface area contributed by atoms with Crippen LogP contribution in [0.25, 0.3) is 6.08 Å². The van der Waals surface area contributed by atoms with Crippen molar-refractivity contribution in [3.63, 3.8) is 0 Å². The van der Waals surface area contributed by atoms with Gasteiger partial charge in [-0.05, 0) is 54.9 Å². The third-order valence-corrected chi connectivity index (χ3v) is 5.77. The predicted molar refractivity (Wildman–Crippen MR) is 129 cm³/mol. The molecule has 0 spiro atoms. The van der Waals surface area contributed by atoms with Crippen molar-refractivity contribution >= 4 is 52.2 Å². The topological polar surface area (TPSA) is 125 Å². The fraction of sp³-hybridized carbons (Fsp3) is 0.261. The van der Waals surface area contributed by atoms with Gasteiger partial charge in [-0.25, -0.2) is 0 Å². The van der Waals surface area contributed by atoms with Crippen LogP contribution < -0.4 is 9.47 Å². The Hall–Kier alpha value is -3.57. The Morgan fingerprint density at radius 3 is 2.66 bits per heavy atom. The van der Waals surface area contributed by atoms with E-state index < -0.39 is 28.6 Å². The van der Waals surface area contributed by atoms with E-state index >= 15 is 0 Å². The zero-order valence-electron chi connectivity index (χ0n) is 19.0. The zero-order valence-corrected chi connectivity index (χ0v) is 20.6. The molecule has 0 saturated carbocycles. The van der Waals surface area contributed by atoms with Gasteiger partial charge in [0.15, 0.2) is 11.5 Å². The van der Waals surface area contributed by atoms with E-state index in [1.54, 1.807) is 32.0 Å². The molecule has 35 heavy (non-hydrogen) atoms. The van der Waals surface area contributed by atoms with Crippen molar-refractivity contribution in [3.8, 4) is 11.5 Å². The van der Waals surface area contributed by atoms with Crippen LogP contribution in [0.2, 0.25) is 5.02 Å². The summed E-state index contributed by atoms with van der Waals surface area (Å²) in [6, 6.07) is 9.08. The summed E-state index contributed by atoms with van der Waals surface area (Å²) in [5.41, 5.74) is 0.960. The van der Waals surface area contributed by atoms with E-state index in [4.69, 9.17) is 25.8 Å². The van der Waals surface area contributed by atoms with Gasteiger partial charge in [0.1, 0.15) is 13.2 Å². The van der Waals surface area contributed by atoms with Gasteiger partial charge in [-0.1, -0.05) is 23.7 Å². The number of amides is 2. The average Bonchev–Trinajstić information content (AvgIpc) is 3.04. The van der Waals surface area contributed by atoms with Crippen molar-refractivity contribution in [2.75, 3.05) is 13.7 Å². The predicted octanol–water partition coefficient (Wildman–Crippen LogP) is 4.82. The lowest BCUT2D eigenvalue weighted by molar-refractivity contribution is -0.384. The van der Waals surface area contributed by atoms with Crippen LogP contribution >= 0.6 is 23.4 Å². The van der Waals surface area contributed by atoms with Crippen LogP contribution in [0.4, 0.5) is 10.5 Å². The maximum Gasteiger partial charge on any atom is 0.326 e. The first-order valence-corrected chi connectivity index (χ1v) is 11.5. The Balaban J connectivity index is 1.78. The van der Waals surface area contributed by atoms with Gasteiger partial charge in [-0.2, -0.15) is 0 Å². The Kier molecular flexibility index (Phi) is 8.36. The maximum atomic E-state index is 12.7. The highest BCUT2D eigenvalue weighted by atomic mass is 35.5. The fourth-order valence-electron chi connectivity index (χ4n) is 3.10. The Morgan fingerprint density at radius 2 is 2.00 bits per heavy atom. The van der Waals surface area contributed by atoms with Gasteiger partial charge in [-0.15, -0.1) is 0 Å². The number of imide groups is 1. The van der Waals surface area contributed by atoms with Crippen molar-refractivity contribution in [1.82, 2.24) is 4.90 Å². The third kappa shape index (κ3) is 6.52. The van der Waals surface area contributed by atoms with Crippen LogP contribution in [-0.4, -0.2) is 46.7 Å². The standard InChI is InChI=1S/C23H21ClN2O8S/c1-13(2)34-20(27)11-25-22(28)19(35-23(25)29)10-15-8-17(24)21(18(9-15)32-3)33-12-14-5-4-6-16(7-14)26(30)31/h4-10,13H,11-12H2,1-3H3/b19-10-. The largest absolute Gasteiger partial charge is 0.493 e. The van der Waals surface area contributed by atoms with Crippen LogP contribution in [0.15, 0.2) is 41.3 Å². The van der Waals surface area contributed by atoms with E-state index in [-0.39, 0.29) is 39.8 Å². The van der Waals surface area contributed by atoms with Gasteiger partial charge in [0.2, 0.25) is 0 Å². The normalized spacial score (nSPS) is 14.5. The molecule has 0 bridgehead atoms. The molecular formula is C23H21ClN2O8S. The lowest BCUT2D eigenvalue weighted by Crippen LogP contribution is -2.35. The summed E-state index contributed by atoms with van der Waals surface area (Å²) in [6.45, 7) is 2.86. The highest BCUT2D eigenvalue weighted by Gasteiger charge is 2.37. The lowest BCUT2D eigenvalue weighted by Gasteiger charge is -2.14. The number of thioether (sulfide) groups is 1. The molecule has 0 aromatic heterocycles. The summed E-state index contributed by atoms with van der Waals surface area (Å²) >= 11 is 7.08. The Bertz CT molecular complexity index is 1210. The van der Waals surface area contributed by atoms with Crippen molar-refractivity contribution in [3.05, 3.63) is 67.6 Å². The summed E-state index contributed by atoms with van der Waals surface area (Å²) in [6.07, 6.45) is 1.09. The molecule has 0 N–H and O–H groups in total. The van der Waals surface area contributed by atoms with Gasteiger partial charge in [0.05, 0.1) is 28.1 Å². The number of hydrogen-bond acceptors (Lipinski definition) is 9. The second-order valence-corrected chi connectivity index (χ2v) is 8.96. The van der Waals surface area contributed by atoms with Crippen LogP contribution in [0.5, 0.6) is 11.5 Å². The Labute approximate surface area is 209 Å². The van der Waals surface area contributed by atoms with Gasteiger partial charge in [0.25, 0.3) is 16.8 Å². The van der Waals surface area contributed by atoms with E-state index in [0.717, 1.165) is 4.90 Å². The second kappa shape index (κ2) is 11.2. The van der Waals surface area contributed by atoms with Crippen LogP contribution in [-0.2, 0) is 20.9 Å². The van der Waals surface area contributed by atoms with Crippen LogP contribution in [0, 0.1) is 10.1 Å². The summed E-state index contributed by atoms with van der Waals surface area (Å²) in [5, 5.41) is 10.5. The number of rotatable bonds is 9. The molecule has 0 unspecified atom stereocenters. The number of carbonyl (C=O) groups excluding carboxylic acids is 3. The summed E-state index contributed by atoms with van der Waals surface area (Å²) in [5.74, 6) is -0.836. The van der Waals surface area contributed by atoms with E-state index in [2.05, 4.69) is 0 Å². The van der Waals surface area contributed by atoms with Crippen molar-refractivity contribution in [1.29, 1.82) is 0 Å². The third-order valence-electron chi connectivity index (χ3n) is 4.58. The molecule has 0 atom stereocenters. The first-order valence-electron chi connectivity index (χ1n) is 10.3. The van der Waals surface area contributed by atoms with Crippen LogP contribution in [0.1, 0.15) is 25.0 Å². The molecule has 0 radical (unpaired) electrons. The highest BCUT2D eigenvalue weighted by Crippen LogP contribution is 2.39. The van der Waals surface area contributed by atoms with Gasteiger partial charge in [-0.3, -0.25) is 29.4 Å². The fourth-order valence-corrected chi connectivity index (χ4v) is 4.21. The van der Waals surface area contributed by atoms with Crippen LogP contribution in [0.3, 0.4) is 0 Å². The first-order chi connectivity index (χ1) is 16.6. The monoisotopic (exact) mass is 520 g/mol. The molecule has 2 amide bonds. The molecule has 2 aromatic rings. The number of nitrogens with zero attached hydrogens (tertiary/aromatic N) is 2. The number of nitro benzene ring substituents is 1. The SMILES string of the molecule is COc1cc(/C=C2\SC(=O)N(CC(=O)OC(C)C)C2=O)cc(Cl)c1OCc1cccc([N+](=O)[O-])c1. The van der Waals surface area contributed by atoms with E-state index in [9.17, 15) is 24.5 Å². The number of benzene rings is 2. The highest BCUT2D eigenvalue weighted by molar-refractivity contribution is 8.18. The summed E-state index contributed by atoms with van der Waals surface area (Å²) in [7, 11) is 1.41. The van der Waals surface area contributed by atoms with Gasteiger partial charge in [0, 0.05) is 12.1 Å². The number of hydrogen-bond donors (Lipinski definition) is 0. The summed E-state index contributed by atoms with van der Waals surface area (Å²) in [4.78, 5) is 48.2. The molecule has 1 aliphatic rings. The molecule has 12 heteroatoms. The molecule has 184 valence electrons. The van der Waals surface area contributed by atoms with Gasteiger partial charge >= 0.3 is 5.97 Å². The second-order valence-electron chi connectivity index (χ2n) is 7.56. The molecule has 1 saturated heterocycles. The quantitative estimate of drug-likeness (QED) is 0.198. The number of nitro groups is 1. The molecule has 10 nitrogen and oxygen atoms in total. The molecule has 0 aliphatic carbocycles. The lowest BCUT2D eigenvalue weighted by atomic mass is 10.1. The minimum absolute atomic E-state index is 0.00245. The molecule has 3 rings (SSSR count). The number of non-ortho nitro benzene ring substituents is 1. The molecule has 1 aliphatic heterocycles. The van der Waals surface area contributed by atoms with Crippen molar-refractivity contribution < 1.29 is 33.5 Å². The number of methoxy groups -OCH3 is 1. The van der Waals surface area contributed by atoms with E-state index in [1.807, 2.05) is 0 Å². The molecule has 1 fully saturated rings. The minimum atomic E-state index is -0.682.